The molecule has 2 atom stereocenters. The van der Waals surface area contributed by atoms with Crippen molar-refractivity contribution < 1.29 is 0 Å². The molecule has 0 amide bonds. The molecular weight excluding hydrogens is 286 g/mol. The quantitative estimate of drug-likeness (QED) is 0.516. The van der Waals surface area contributed by atoms with Gasteiger partial charge < -0.3 is 0 Å². The van der Waals surface area contributed by atoms with Gasteiger partial charge in [0.25, 0.3) is 0 Å². The first-order valence-electron chi connectivity index (χ1n) is 5.14. The van der Waals surface area contributed by atoms with Crippen molar-refractivity contribution in [1.82, 2.24) is 0 Å². The number of rotatable bonds is 4. The van der Waals surface area contributed by atoms with Gasteiger partial charge in [-0.25, -0.2) is 0 Å². The van der Waals surface area contributed by atoms with Crippen molar-refractivity contribution >= 4 is 46.4 Å². The van der Waals surface area contributed by atoms with Crippen LogP contribution in [0.25, 0.3) is 0 Å². The van der Waals surface area contributed by atoms with Crippen molar-refractivity contribution in [3.63, 3.8) is 0 Å². The zero-order valence-corrected chi connectivity index (χ0v) is 12.5. The first kappa shape index (κ1) is 14.7. The molecular formula is C12H16Cl4. The van der Waals surface area contributed by atoms with Gasteiger partial charge in [-0.3, -0.25) is 0 Å². The highest BCUT2D eigenvalue weighted by Crippen LogP contribution is 2.45. The Bertz CT molecular complexity index is 289. The summed E-state index contributed by atoms with van der Waals surface area (Å²) in [6.07, 6.45) is 4.26. The smallest absolute Gasteiger partial charge is 0.0442 e. The molecule has 0 aromatic heterocycles. The van der Waals surface area contributed by atoms with Gasteiger partial charge in [0.05, 0.1) is 0 Å². The molecule has 92 valence electrons. The van der Waals surface area contributed by atoms with Crippen molar-refractivity contribution in [2.45, 2.75) is 13.8 Å². The van der Waals surface area contributed by atoms with Crippen LogP contribution in [0.2, 0.25) is 0 Å². The normalized spacial score (nSPS) is 34.6. The minimum atomic E-state index is -0.195. The van der Waals surface area contributed by atoms with E-state index < -0.39 is 0 Å². The van der Waals surface area contributed by atoms with E-state index in [0.29, 0.717) is 23.5 Å². The van der Waals surface area contributed by atoms with Gasteiger partial charge in [0.1, 0.15) is 0 Å². The maximum atomic E-state index is 6.03. The lowest BCUT2D eigenvalue weighted by Gasteiger charge is -2.39. The molecule has 0 radical (unpaired) electrons. The summed E-state index contributed by atoms with van der Waals surface area (Å²) in [5, 5.41) is 0. The third-order valence-corrected chi connectivity index (χ3v) is 4.98. The average molecular weight is 302 g/mol. The highest BCUT2D eigenvalue weighted by Gasteiger charge is 2.37. The molecule has 0 saturated carbocycles. The lowest BCUT2D eigenvalue weighted by molar-refractivity contribution is 0.488. The molecule has 1 rings (SSSR count). The number of alkyl halides is 4. The van der Waals surface area contributed by atoms with Gasteiger partial charge in [0.15, 0.2) is 0 Å². The number of hydrogen-bond acceptors (Lipinski definition) is 0. The molecule has 0 spiro atoms. The van der Waals surface area contributed by atoms with Gasteiger partial charge in [-0.2, -0.15) is 0 Å². The Morgan fingerprint density at radius 1 is 0.812 bits per heavy atom. The van der Waals surface area contributed by atoms with E-state index in [4.69, 9.17) is 46.4 Å². The minimum absolute atomic E-state index is 0.195. The molecule has 16 heavy (non-hydrogen) atoms. The second-order valence-corrected chi connectivity index (χ2v) is 5.78. The van der Waals surface area contributed by atoms with E-state index in [9.17, 15) is 0 Å². The lowest BCUT2D eigenvalue weighted by atomic mass is 9.69. The van der Waals surface area contributed by atoms with E-state index in [2.05, 4.69) is 26.0 Å². The molecule has 4 heteroatoms. The molecule has 1 aliphatic rings. The third kappa shape index (κ3) is 2.56. The molecule has 0 aliphatic heterocycles. The summed E-state index contributed by atoms with van der Waals surface area (Å²) in [4.78, 5) is 0. The minimum Gasteiger partial charge on any atom is -0.125 e. The van der Waals surface area contributed by atoms with Crippen molar-refractivity contribution in [3.8, 4) is 0 Å². The average Bonchev–Trinajstić information content (AvgIpc) is 2.31. The number of hydrogen-bond donors (Lipinski definition) is 0. The van der Waals surface area contributed by atoms with E-state index in [1.54, 1.807) is 0 Å². The molecule has 0 aromatic carbocycles. The first-order chi connectivity index (χ1) is 7.45. The van der Waals surface area contributed by atoms with Gasteiger partial charge in [-0.1, -0.05) is 26.0 Å². The van der Waals surface area contributed by atoms with Crippen molar-refractivity contribution in [2.24, 2.45) is 10.8 Å². The zero-order valence-electron chi connectivity index (χ0n) is 9.49. The fourth-order valence-corrected chi connectivity index (χ4v) is 3.18. The summed E-state index contributed by atoms with van der Waals surface area (Å²) in [5.74, 6) is 1.96. The van der Waals surface area contributed by atoms with E-state index in [1.807, 2.05) is 0 Å². The van der Waals surface area contributed by atoms with Crippen LogP contribution in [0.3, 0.4) is 0 Å². The second kappa shape index (κ2) is 5.52. The SMILES string of the molecule is CC1(CCl)C=C(CCl)C(C)(CCl)C=C1CCl. The summed E-state index contributed by atoms with van der Waals surface area (Å²) in [6, 6.07) is 0. The fraction of sp³-hybridized carbons (Fsp3) is 0.667. The number of halogens is 4. The Hall–Kier alpha value is 0.640. The maximum Gasteiger partial charge on any atom is 0.0442 e. The molecule has 0 nitrogen and oxygen atoms in total. The van der Waals surface area contributed by atoms with E-state index >= 15 is 0 Å². The van der Waals surface area contributed by atoms with Gasteiger partial charge >= 0.3 is 0 Å². The van der Waals surface area contributed by atoms with Crippen LogP contribution >= 0.6 is 46.4 Å². The van der Waals surface area contributed by atoms with Gasteiger partial charge in [0.2, 0.25) is 0 Å². The van der Waals surface area contributed by atoms with Crippen LogP contribution in [0.15, 0.2) is 23.3 Å². The van der Waals surface area contributed by atoms with Crippen LogP contribution < -0.4 is 0 Å². The third-order valence-electron chi connectivity index (χ3n) is 3.30. The predicted octanol–water partition coefficient (Wildman–Crippen LogP) is 4.82. The summed E-state index contributed by atoms with van der Waals surface area (Å²) < 4.78 is 0. The number of allylic oxidation sites excluding steroid dienone is 4. The highest BCUT2D eigenvalue weighted by atomic mass is 35.5. The summed E-state index contributed by atoms with van der Waals surface area (Å²) >= 11 is 24.0. The molecule has 0 bridgehead atoms. The Labute approximate surface area is 118 Å². The van der Waals surface area contributed by atoms with Crippen LogP contribution in [-0.2, 0) is 0 Å². The summed E-state index contributed by atoms with van der Waals surface area (Å²) in [6.45, 7) is 4.16. The molecule has 0 fully saturated rings. The Kier molecular flexibility index (Phi) is 5.07. The molecule has 0 aromatic rings. The second-order valence-electron chi connectivity index (χ2n) is 4.71. The standard InChI is InChI=1S/C12H16Cl4/c1-11(7-15)3-10(6-14)12(2,8-16)4-9(11)5-13/h3-4H,5-8H2,1-2H3. The monoisotopic (exact) mass is 300 g/mol. The Morgan fingerprint density at radius 3 is 1.31 bits per heavy atom. The molecule has 2 unspecified atom stereocenters. The Morgan fingerprint density at radius 2 is 1.12 bits per heavy atom. The van der Waals surface area contributed by atoms with Crippen LogP contribution in [0.4, 0.5) is 0 Å². The molecule has 0 saturated heterocycles. The van der Waals surface area contributed by atoms with Crippen LogP contribution in [0, 0.1) is 10.8 Å². The van der Waals surface area contributed by atoms with Crippen molar-refractivity contribution in [2.75, 3.05) is 23.5 Å². The fourth-order valence-electron chi connectivity index (χ4n) is 1.92. The maximum absolute atomic E-state index is 6.03. The van der Waals surface area contributed by atoms with E-state index in [-0.39, 0.29) is 10.8 Å². The van der Waals surface area contributed by atoms with Gasteiger partial charge in [0, 0.05) is 34.3 Å². The summed E-state index contributed by atoms with van der Waals surface area (Å²) in [7, 11) is 0. The van der Waals surface area contributed by atoms with Gasteiger partial charge in [-0.05, 0) is 11.1 Å². The van der Waals surface area contributed by atoms with Crippen molar-refractivity contribution in [1.29, 1.82) is 0 Å². The van der Waals surface area contributed by atoms with Gasteiger partial charge in [-0.15, -0.1) is 46.4 Å². The zero-order chi connectivity index (χ0) is 12.4. The lowest BCUT2D eigenvalue weighted by Crippen LogP contribution is -2.32. The summed E-state index contributed by atoms with van der Waals surface area (Å²) in [5.41, 5.74) is 1.86. The van der Waals surface area contributed by atoms with E-state index in [0.717, 1.165) is 11.1 Å². The highest BCUT2D eigenvalue weighted by molar-refractivity contribution is 6.22. The van der Waals surface area contributed by atoms with E-state index in [1.165, 1.54) is 0 Å². The molecule has 0 N–H and O–H groups in total. The Balaban J connectivity index is 3.23. The van der Waals surface area contributed by atoms with Crippen LogP contribution in [0.5, 0.6) is 0 Å². The predicted molar refractivity (Wildman–Crippen MR) is 75.3 cm³/mol. The van der Waals surface area contributed by atoms with Crippen LogP contribution in [-0.4, -0.2) is 23.5 Å². The first-order valence-corrected chi connectivity index (χ1v) is 7.28. The van der Waals surface area contributed by atoms with Crippen molar-refractivity contribution in [3.05, 3.63) is 23.3 Å². The van der Waals surface area contributed by atoms with Crippen LogP contribution in [0.1, 0.15) is 13.8 Å². The largest absolute Gasteiger partial charge is 0.125 e. The molecule has 1 aliphatic carbocycles. The topological polar surface area (TPSA) is 0 Å². The molecule has 0 heterocycles.